The van der Waals surface area contributed by atoms with Gasteiger partial charge in [-0.3, -0.25) is 4.79 Å². The standard InChI is InChI=1S/C7H13NO6S2/c1-15(11,12)5-16(13,14)8-4-2-3-6(8)7(9)10/h6H,2-5H2,1H3,(H,9,10)/t6-/m0/s1. The first-order valence-electron chi connectivity index (χ1n) is 4.53. The van der Waals surface area contributed by atoms with E-state index in [9.17, 15) is 21.6 Å². The molecule has 0 unspecified atom stereocenters. The molecular weight excluding hydrogens is 258 g/mol. The Labute approximate surface area is 94.0 Å². The first kappa shape index (κ1) is 13.4. The summed E-state index contributed by atoms with van der Waals surface area (Å²) in [6.45, 7) is 0.0643. The second-order valence-corrected chi connectivity index (χ2v) is 8.19. The van der Waals surface area contributed by atoms with E-state index >= 15 is 0 Å². The summed E-state index contributed by atoms with van der Waals surface area (Å²) in [5.74, 6) is -1.24. The predicted molar refractivity (Wildman–Crippen MR) is 56.0 cm³/mol. The third kappa shape index (κ3) is 3.16. The van der Waals surface area contributed by atoms with E-state index in [0.29, 0.717) is 6.42 Å². The van der Waals surface area contributed by atoms with Crippen LogP contribution < -0.4 is 0 Å². The highest BCUT2D eigenvalue weighted by molar-refractivity contribution is 8.06. The van der Waals surface area contributed by atoms with Crippen molar-refractivity contribution in [2.24, 2.45) is 0 Å². The van der Waals surface area contributed by atoms with E-state index < -0.39 is 37.0 Å². The van der Waals surface area contributed by atoms with E-state index in [4.69, 9.17) is 5.11 Å². The molecule has 0 spiro atoms. The van der Waals surface area contributed by atoms with Gasteiger partial charge in [-0.2, -0.15) is 4.31 Å². The number of nitrogens with zero attached hydrogens (tertiary/aromatic N) is 1. The van der Waals surface area contributed by atoms with Crippen LogP contribution in [-0.4, -0.2) is 56.1 Å². The highest BCUT2D eigenvalue weighted by Gasteiger charge is 2.39. The lowest BCUT2D eigenvalue weighted by Gasteiger charge is -2.20. The minimum atomic E-state index is -4.05. The molecule has 1 N–H and O–H groups in total. The number of sulfone groups is 1. The van der Waals surface area contributed by atoms with E-state index in [1.54, 1.807) is 0 Å². The van der Waals surface area contributed by atoms with Crippen molar-refractivity contribution < 1.29 is 26.7 Å². The molecule has 16 heavy (non-hydrogen) atoms. The van der Waals surface area contributed by atoms with Gasteiger partial charge in [0.15, 0.2) is 14.9 Å². The van der Waals surface area contributed by atoms with Gasteiger partial charge in [0.2, 0.25) is 10.0 Å². The van der Waals surface area contributed by atoms with E-state index in [0.717, 1.165) is 10.6 Å². The highest BCUT2D eigenvalue weighted by atomic mass is 32.3. The number of carbonyl (C=O) groups is 1. The molecule has 1 aliphatic heterocycles. The topological polar surface area (TPSA) is 109 Å². The summed E-state index contributed by atoms with van der Waals surface area (Å²) in [5.41, 5.74) is 0. The maximum atomic E-state index is 11.6. The molecule has 1 aliphatic rings. The smallest absolute Gasteiger partial charge is 0.322 e. The molecule has 0 aromatic heterocycles. The summed E-state index contributed by atoms with van der Waals surface area (Å²) in [7, 11) is -7.74. The summed E-state index contributed by atoms with van der Waals surface area (Å²) in [5, 5.41) is 7.75. The number of carboxylic acids is 1. The monoisotopic (exact) mass is 271 g/mol. The fraction of sp³-hybridized carbons (Fsp3) is 0.857. The molecule has 1 saturated heterocycles. The molecule has 9 heteroatoms. The summed E-state index contributed by atoms with van der Waals surface area (Å²) in [6, 6.07) is -1.13. The van der Waals surface area contributed by atoms with Gasteiger partial charge in [0.25, 0.3) is 0 Å². The van der Waals surface area contributed by atoms with Crippen LogP contribution in [0.2, 0.25) is 0 Å². The van der Waals surface area contributed by atoms with Crippen molar-refractivity contribution in [3.63, 3.8) is 0 Å². The Morgan fingerprint density at radius 1 is 1.38 bits per heavy atom. The van der Waals surface area contributed by atoms with Gasteiger partial charge in [0.1, 0.15) is 6.04 Å². The Morgan fingerprint density at radius 2 is 1.94 bits per heavy atom. The van der Waals surface area contributed by atoms with Crippen LogP contribution in [0.3, 0.4) is 0 Å². The molecule has 1 heterocycles. The summed E-state index contributed by atoms with van der Waals surface area (Å²) in [6.07, 6.45) is 1.45. The van der Waals surface area contributed by atoms with Gasteiger partial charge in [-0.25, -0.2) is 16.8 Å². The van der Waals surface area contributed by atoms with Gasteiger partial charge >= 0.3 is 5.97 Å². The van der Waals surface area contributed by atoms with Crippen LogP contribution in [-0.2, 0) is 24.7 Å². The van der Waals surface area contributed by atoms with Crippen LogP contribution in [0.1, 0.15) is 12.8 Å². The Kier molecular flexibility index (Phi) is 3.60. The van der Waals surface area contributed by atoms with E-state index in [1.165, 1.54) is 0 Å². The maximum absolute atomic E-state index is 11.6. The molecule has 7 nitrogen and oxygen atoms in total. The van der Waals surface area contributed by atoms with Crippen LogP contribution in [0.25, 0.3) is 0 Å². The molecule has 0 bridgehead atoms. The largest absolute Gasteiger partial charge is 0.480 e. The summed E-state index contributed by atoms with van der Waals surface area (Å²) in [4.78, 5) is 10.8. The molecule has 0 amide bonds. The highest BCUT2D eigenvalue weighted by Crippen LogP contribution is 2.22. The van der Waals surface area contributed by atoms with Crippen molar-refractivity contribution in [3.8, 4) is 0 Å². The van der Waals surface area contributed by atoms with Gasteiger partial charge in [-0.15, -0.1) is 0 Å². The second kappa shape index (κ2) is 4.30. The average molecular weight is 271 g/mol. The third-order valence-corrected chi connectivity index (χ3v) is 6.26. The van der Waals surface area contributed by atoms with Crippen molar-refractivity contribution >= 4 is 25.8 Å². The normalized spacial score (nSPS) is 23.4. The van der Waals surface area contributed by atoms with Crippen LogP contribution in [0.15, 0.2) is 0 Å². The number of hydrogen-bond donors (Lipinski definition) is 1. The predicted octanol–water partition coefficient (Wildman–Crippen LogP) is -1.13. The zero-order valence-corrected chi connectivity index (χ0v) is 10.3. The lowest BCUT2D eigenvalue weighted by atomic mass is 10.2. The van der Waals surface area contributed by atoms with Gasteiger partial charge < -0.3 is 5.11 Å². The van der Waals surface area contributed by atoms with Crippen molar-refractivity contribution in [2.45, 2.75) is 18.9 Å². The fourth-order valence-corrected chi connectivity index (χ4v) is 5.35. The first-order chi connectivity index (χ1) is 7.13. The number of sulfonamides is 1. The quantitative estimate of drug-likeness (QED) is 0.692. The van der Waals surface area contributed by atoms with Gasteiger partial charge in [-0.05, 0) is 12.8 Å². The summed E-state index contributed by atoms with van der Waals surface area (Å²) < 4.78 is 45.9. The molecular formula is C7H13NO6S2. The zero-order valence-electron chi connectivity index (χ0n) is 8.66. The zero-order chi connectivity index (χ0) is 12.6. The Bertz CT molecular complexity index is 479. The van der Waals surface area contributed by atoms with Crippen LogP contribution >= 0.6 is 0 Å². The molecule has 0 aromatic rings. The van der Waals surface area contributed by atoms with Gasteiger partial charge in [0, 0.05) is 12.8 Å². The number of hydrogen-bond acceptors (Lipinski definition) is 5. The number of carboxylic acid groups (broad SMARTS) is 1. The lowest BCUT2D eigenvalue weighted by Crippen LogP contribution is -2.42. The first-order valence-corrected chi connectivity index (χ1v) is 8.20. The minimum Gasteiger partial charge on any atom is -0.480 e. The SMILES string of the molecule is CS(=O)(=O)CS(=O)(=O)N1CCC[C@H]1C(=O)O. The molecule has 0 saturated carbocycles. The average Bonchev–Trinajstić information content (AvgIpc) is 2.45. The van der Waals surface area contributed by atoms with Gasteiger partial charge in [0.05, 0.1) is 0 Å². The van der Waals surface area contributed by atoms with Crippen LogP contribution in [0.4, 0.5) is 0 Å². The van der Waals surface area contributed by atoms with Crippen LogP contribution in [0, 0.1) is 0 Å². The van der Waals surface area contributed by atoms with Crippen molar-refractivity contribution in [3.05, 3.63) is 0 Å². The van der Waals surface area contributed by atoms with Crippen molar-refractivity contribution in [1.82, 2.24) is 4.31 Å². The number of aliphatic carboxylic acids is 1. The van der Waals surface area contributed by atoms with Crippen molar-refractivity contribution in [2.75, 3.05) is 17.9 Å². The molecule has 1 fully saturated rings. The van der Waals surface area contributed by atoms with E-state index in [-0.39, 0.29) is 13.0 Å². The molecule has 94 valence electrons. The molecule has 0 aliphatic carbocycles. The fourth-order valence-electron chi connectivity index (χ4n) is 1.66. The van der Waals surface area contributed by atoms with E-state index in [2.05, 4.69) is 0 Å². The number of rotatable bonds is 4. The minimum absolute atomic E-state index is 0.0643. The lowest BCUT2D eigenvalue weighted by molar-refractivity contribution is -0.140. The van der Waals surface area contributed by atoms with Crippen molar-refractivity contribution in [1.29, 1.82) is 0 Å². The Morgan fingerprint density at radius 3 is 2.38 bits per heavy atom. The Balaban J connectivity index is 2.96. The summed E-state index contributed by atoms with van der Waals surface area (Å²) >= 11 is 0. The molecule has 1 rings (SSSR count). The Hall–Kier alpha value is -0.670. The molecule has 0 aromatic carbocycles. The van der Waals surface area contributed by atoms with Crippen LogP contribution in [0.5, 0.6) is 0 Å². The van der Waals surface area contributed by atoms with E-state index in [1.807, 2.05) is 0 Å². The third-order valence-electron chi connectivity index (χ3n) is 2.21. The molecule has 0 radical (unpaired) electrons. The molecule has 1 atom stereocenters. The second-order valence-electron chi connectivity index (χ2n) is 3.76. The maximum Gasteiger partial charge on any atom is 0.322 e. The van der Waals surface area contributed by atoms with Gasteiger partial charge in [-0.1, -0.05) is 0 Å².